The number of aliphatic hydroxyl groups is 1. The highest BCUT2D eigenvalue weighted by molar-refractivity contribution is 6.17. The Labute approximate surface area is 158 Å². The molecule has 1 aromatic carbocycles. The summed E-state index contributed by atoms with van der Waals surface area (Å²) in [6, 6.07) is 9.47. The Hall–Kier alpha value is -3.02. The number of anilines is 1. The fraction of sp³-hybridized carbons (Fsp3) is 0.333. The van der Waals surface area contributed by atoms with E-state index in [1.165, 1.54) is 11.2 Å². The van der Waals surface area contributed by atoms with Crippen LogP contribution in [0.2, 0.25) is 0 Å². The van der Waals surface area contributed by atoms with Crippen LogP contribution in [0.5, 0.6) is 5.75 Å². The van der Waals surface area contributed by atoms with Crippen LogP contribution in [-0.2, 0) is 9.59 Å². The van der Waals surface area contributed by atoms with Crippen LogP contribution in [0.1, 0.15) is 39.5 Å². The Morgan fingerprint density at radius 2 is 1.89 bits per heavy atom. The SMILES string of the molecule is CCOc1ccc(N2C(=O)C(O)=C(C(=O)C(C)(C)C)C2c2ccco2)cc1. The maximum Gasteiger partial charge on any atom is 0.294 e. The quantitative estimate of drug-likeness (QED) is 0.855. The second kappa shape index (κ2) is 6.95. The van der Waals surface area contributed by atoms with Gasteiger partial charge in [-0.25, -0.2) is 0 Å². The van der Waals surface area contributed by atoms with E-state index in [0.29, 0.717) is 23.8 Å². The molecule has 0 bridgehead atoms. The molecule has 0 fully saturated rings. The number of Topliss-reactive ketones (excluding diaryl/α,β-unsaturated/α-hetero) is 1. The van der Waals surface area contributed by atoms with Crippen LogP contribution in [0, 0.1) is 5.41 Å². The number of furan rings is 1. The van der Waals surface area contributed by atoms with Gasteiger partial charge in [0.25, 0.3) is 5.91 Å². The summed E-state index contributed by atoms with van der Waals surface area (Å²) in [4.78, 5) is 27.2. The highest BCUT2D eigenvalue weighted by Crippen LogP contribution is 2.43. The molecule has 1 unspecified atom stereocenters. The molecule has 1 N–H and O–H groups in total. The van der Waals surface area contributed by atoms with Crippen molar-refractivity contribution in [3.63, 3.8) is 0 Å². The van der Waals surface area contributed by atoms with Crippen molar-refractivity contribution in [2.75, 3.05) is 11.5 Å². The number of carbonyl (C=O) groups is 2. The Bertz CT molecular complexity index is 872. The number of hydrogen-bond acceptors (Lipinski definition) is 5. The summed E-state index contributed by atoms with van der Waals surface area (Å²) in [7, 11) is 0. The van der Waals surface area contributed by atoms with Crippen LogP contribution in [0.15, 0.2) is 58.4 Å². The van der Waals surface area contributed by atoms with Gasteiger partial charge >= 0.3 is 0 Å². The molecule has 1 amide bonds. The van der Waals surface area contributed by atoms with Gasteiger partial charge in [0.05, 0.1) is 18.4 Å². The van der Waals surface area contributed by atoms with Crippen LogP contribution in [0.4, 0.5) is 5.69 Å². The van der Waals surface area contributed by atoms with Crippen LogP contribution in [0.25, 0.3) is 0 Å². The lowest BCUT2D eigenvalue weighted by atomic mass is 9.83. The number of hydrogen-bond donors (Lipinski definition) is 1. The van der Waals surface area contributed by atoms with Crippen molar-refractivity contribution in [1.82, 2.24) is 0 Å². The lowest BCUT2D eigenvalue weighted by Gasteiger charge is -2.27. The minimum absolute atomic E-state index is 0.0522. The number of aliphatic hydroxyl groups excluding tert-OH is 1. The Morgan fingerprint density at radius 1 is 1.22 bits per heavy atom. The molecule has 6 nitrogen and oxygen atoms in total. The van der Waals surface area contributed by atoms with Crippen molar-refractivity contribution >= 4 is 17.4 Å². The van der Waals surface area contributed by atoms with E-state index in [9.17, 15) is 14.7 Å². The molecule has 0 spiro atoms. The average Bonchev–Trinajstić information content (AvgIpc) is 3.22. The first kappa shape index (κ1) is 18.8. The molecule has 2 heterocycles. The van der Waals surface area contributed by atoms with Crippen LogP contribution < -0.4 is 9.64 Å². The third-order valence-corrected chi connectivity index (χ3v) is 4.37. The third kappa shape index (κ3) is 3.35. The summed E-state index contributed by atoms with van der Waals surface area (Å²) in [6.45, 7) is 7.66. The number of ether oxygens (including phenoxy) is 1. The van der Waals surface area contributed by atoms with Gasteiger partial charge in [0, 0.05) is 11.1 Å². The Kier molecular flexibility index (Phi) is 4.83. The van der Waals surface area contributed by atoms with Crippen LogP contribution >= 0.6 is 0 Å². The zero-order chi connectivity index (χ0) is 19.8. The highest BCUT2D eigenvalue weighted by atomic mass is 16.5. The number of benzene rings is 1. The number of amides is 1. The van der Waals surface area contributed by atoms with Gasteiger partial charge < -0.3 is 14.3 Å². The molecule has 27 heavy (non-hydrogen) atoms. The molecular weight excluding hydrogens is 346 g/mol. The summed E-state index contributed by atoms with van der Waals surface area (Å²) in [5.41, 5.74) is -0.173. The molecule has 6 heteroatoms. The van der Waals surface area contributed by atoms with E-state index < -0.39 is 23.1 Å². The van der Waals surface area contributed by atoms with E-state index >= 15 is 0 Å². The van der Waals surface area contributed by atoms with Gasteiger partial charge in [-0.2, -0.15) is 0 Å². The number of rotatable bonds is 5. The zero-order valence-electron chi connectivity index (χ0n) is 15.9. The van der Waals surface area contributed by atoms with Crippen LogP contribution in [-0.4, -0.2) is 23.4 Å². The number of nitrogens with zero attached hydrogens (tertiary/aromatic N) is 1. The Balaban J connectivity index is 2.09. The summed E-state index contributed by atoms with van der Waals surface area (Å²) in [5.74, 6) is -0.388. The lowest BCUT2D eigenvalue weighted by Crippen LogP contribution is -2.32. The topological polar surface area (TPSA) is 80.0 Å². The van der Waals surface area contributed by atoms with Crippen molar-refractivity contribution in [2.24, 2.45) is 5.41 Å². The highest BCUT2D eigenvalue weighted by Gasteiger charge is 2.47. The fourth-order valence-corrected chi connectivity index (χ4v) is 3.09. The molecule has 1 atom stereocenters. The molecule has 0 saturated carbocycles. The minimum Gasteiger partial charge on any atom is -0.503 e. The van der Waals surface area contributed by atoms with E-state index in [1.54, 1.807) is 57.2 Å². The number of carbonyl (C=O) groups excluding carboxylic acids is 2. The molecule has 1 aromatic heterocycles. The van der Waals surface area contributed by atoms with Crippen molar-refractivity contribution in [3.05, 3.63) is 59.8 Å². The van der Waals surface area contributed by atoms with Gasteiger partial charge in [-0.15, -0.1) is 0 Å². The van der Waals surface area contributed by atoms with Crippen molar-refractivity contribution < 1.29 is 23.8 Å². The lowest BCUT2D eigenvalue weighted by molar-refractivity contribution is -0.123. The first-order valence-corrected chi connectivity index (χ1v) is 8.83. The second-order valence-corrected chi connectivity index (χ2v) is 7.36. The number of ketones is 1. The van der Waals surface area contributed by atoms with Gasteiger partial charge in [0.2, 0.25) is 0 Å². The van der Waals surface area contributed by atoms with Crippen molar-refractivity contribution in [1.29, 1.82) is 0 Å². The van der Waals surface area contributed by atoms with E-state index in [0.717, 1.165) is 0 Å². The standard InChI is InChI=1S/C21H23NO5/c1-5-26-14-10-8-13(9-11-14)22-17(15-7-6-12-27-15)16(18(23)20(22)25)19(24)21(2,3)4/h6-12,17,23H,5H2,1-4H3. The Morgan fingerprint density at radius 3 is 2.41 bits per heavy atom. The molecule has 0 saturated heterocycles. The predicted molar refractivity (Wildman–Crippen MR) is 101 cm³/mol. The molecule has 2 aromatic rings. The molecule has 1 aliphatic rings. The van der Waals surface area contributed by atoms with Crippen molar-refractivity contribution in [2.45, 2.75) is 33.7 Å². The first-order chi connectivity index (χ1) is 12.8. The summed E-state index contributed by atoms with van der Waals surface area (Å²) >= 11 is 0. The molecule has 142 valence electrons. The van der Waals surface area contributed by atoms with E-state index in [2.05, 4.69) is 0 Å². The van der Waals surface area contributed by atoms with E-state index in [4.69, 9.17) is 9.15 Å². The molecule has 3 rings (SSSR count). The third-order valence-electron chi connectivity index (χ3n) is 4.37. The maximum atomic E-state index is 13.0. The predicted octanol–water partition coefficient (Wildman–Crippen LogP) is 4.19. The minimum atomic E-state index is -0.822. The molecule has 0 radical (unpaired) electrons. The van der Waals surface area contributed by atoms with Crippen LogP contribution in [0.3, 0.4) is 0 Å². The summed E-state index contributed by atoms with van der Waals surface area (Å²) in [5, 5.41) is 10.5. The van der Waals surface area contributed by atoms with Gasteiger partial charge in [-0.1, -0.05) is 20.8 Å². The van der Waals surface area contributed by atoms with Gasteiger partial charge in [0.1, 0.15) is 17.6 Å². The maximum absolute atomic E-state index is 13.0. The van der Waals surface area contributed by atoms with E-state index in [1.807, 2.05) is 6.92 Å². The van der Waals surface area contributed by atoms with E-state index in [-0.39, 0.29) is 11.4 Å². The fourth-order valence-electron chi connectivity index (χ4n) is 3.09. The normalized spacial score (nSPS) is 17.6. The van der Waals surface area contributed by atoms with Gasteiger partial charge in [0.15, 0.2) is 11.5 Å². The largest absolute Gasteiger partial charge is 0.503 e. The van der Waals surface area contributed by atoms with Crippen molar-refractivity contribution in [3.8, 4) is 5.75 Å². The first-order valence-electron chi connectivity index (χ1n) is 8.83. The second-order valence-electron chi connectivity index (χ2n) is 7.36. The summed E-state index contributed by atoms with van der Waals surface area (Å²) in [6.07, 6.45) is 1.48. The molecule has 0 aliphatic carbocycles. The smallest absolute Gasteiger partial charge is 0.294 e. The molecular formula is C21H23NO5. The van der Waals surface area contributed by atoms with Gasteiger partial charge in [-0.05, 0) is 43.3 Å². The monoisotopic (exact) mass is 369 g/mol. The zero-order valence-corrected chi connectivity index (χ0v) is 15.9. The average molecular weight is 369 g/mol. The molecule has 1 aliphatic heterocycles. The summed E-state index contributed by atoms with van der Waals surface area (Å²) < 4.78 is 10.9. The van der Waals surface area contributed by atoms with Gasteiger partial charge in [-0.3, -0.25) is 14.5 Å².